The molecule has 1 aromatic heterocycles. The van der Waals surface area contributed by atoms with E-state index in [9.17, 15) is 8.42 Å². The van der Waals surface area contributed by atoms with Gasteiger partial charge in [-0.15, -0.1) is 0 Å². The lowest BCUT2D eigenvalue weighted by Gasteiger charge is -2.32. The maximum absolute atomic E-state index is 12.8. The Bertz CT molecular complexity index is 1170. The molecule has 34 heavy (non-hydrogen) atoms. The lowest BCUT2D eigenvalue weighted by molar-refractivity contribution is 0.196. The van der Waals surface area contributed by atoms with Gasteiger partial charge < -0.3 is 14.4 Å². The lowest BCUT2D eigenvalue weighted by Crippen LogP contribution is -2.33. The SMILES string of the molecule is Cc1ccc(S(=O)(=O)CCn2ccnc2C2CCN(Cc3cccc(OCCO)c3)CC2)cc1. The zero-order chi connectivity index (χ0) is 24.0. The quantitative estimate of drug-likeness (QED) is 0.476. The van der Waals surface area contributed by atoms with Gasteiger partial charge in [-0.25, -0.2) is 13.4 Å². The summed E-state index contributed by atoms with van der Waals surface area (Å²) in [6.45, 7) is 5.43. The van der Waals surface area contributed by atoms with Crippen LogP contribution in [0, 0.1) is 6.92 Å². The number of aromatic nitrogens is 2. The number of sulfone groups is 1. The van der Waals surface area contributed by atoms with E-state index < -0.39 is 9.84 Å². The Kier molecular flexibility index (Phi) is 8.03. The van der Waals surface area contributed by atoms with Crippen molar-refractivity contribution < 1.29 is 18.3 Å². The second-order valence-electron chi connectivity index (χ2n) is 8.88. The number of ether oxygens (including phenoxy) is 1. The van der Waals surface area contributed by atoms with Gasteiger partial charge in [0.05, 0.1) is 17.3 Å². The van der Waals surface area contributed by atoms with Crippen molar-refractivity contribution in [1.29, 1.82) is 0 Å². The molecule has 3 aromatic rings. The molecule has 0 aliphatic carbocycles. The molecule has 0 bridgehead atoms. The van der Waals surface area contributed by atoms with E-state index in [0.717, 1.165) is 49.6 Å². The monoisotopic (exact) mass is 483 g/mol. The molecule has 1 fully saturated rings. The van der Waals surface area contributed by atoms with Crippen molar-refractivity contribution in [3.05, 3.63) is 77.9 Å². The highest BCUT2D eigenvalue weighted by atomic mass is 32.2. The van der Waals surface area contributed by atoms with Gasteiger partial charge in [0.15, 0.2) is 9.84 Å². The van der Waals surface area contributed by atoms with Crippen LogP contribution >= 0.6 is 0 Å². The largest absolute Gasteiger partial charge is 0.491 e. The van der Waals surface area contributed by atoms with Crippen LogP contribution in [0.4, 0.5) is 0 Å². The number of aryl methyl sites for hydroxylation is 2. The number of hydrogen-bond acceptors (Lipinski definition) is 6. The smallest absolute Gasteiger partial charge is 0.180 e. The summed E-state index contributed by atoms with van der Waals surface area (Å²) in [5.74, 6) is 2.15. The van der Waals surface area contributed by atoms with Crippen LogP contribution < -0.4 is 4.74 Å². The average molecular weight is 484 g/mol. The van der Waals surface area contributed by atoms with Crippen molar-refractivity contribution in [2.24, 2.45) is 0 Å². The summed E-state index contributed by atoms with van der Waals surface area (Å²) in [4.78, 5) is 7.39. The van der Waals surface area contributed by atoms with Crippen molar-refractivity contribution in [3.63, 3.8) is 0 Å². The Balaban J connectivity index is 1.32. The molecule has 4 rings (SSSR count). The van der Waals surface area contributed by atoms with Crippen molar-refractivity contribution in [2.45, 2.75) is 43.7 Å². The second-order valence-corrected chi connectivity index (χ2v) is 11.0. The third kappa shape index (κ3) is 6.25. The fourth-order valence-electron chi connectivity index (χ4n) is 4.46. The molecule has 8 heteroatoms. The molecule has 2 heterocycles. The van der Waals surface area contributed by atoms with Crippen LogP contribution in [0.25, 0.3) is 0 Å². The number of benzene rings is 2. The Hall–Kier alpha value is -2.68. The predicted molar refractivity (Wildman–Crippen MR) is 132 cm³/mol. The first-order valence-electron chi connectivity index (χ1n) is 11.8. The molecule has 1 N–H and O–H groups in total. The van der Waals surface area contributed by atoms with Crippen LogP contribution in [0.15, 0.2) is 65.8 Å². The number of piperidine rings is 1. The minimum absolute atomic E-state index is 0.00534. The summed E-state index contributed by atoms with van der Waals surface area (Å²) in [5.41, 5.74) is 2.24. The molecule has 1 aliphatic rings. The summed E-state index contributed by atoms with van der Waals surface area (Å²) in [6.07, 6.45) is 5.65. The molecular formula is C26H33N3O4S. The molecule has 2 aromatic carbocycles. The molecule has 1 saturated heterocycles. The molecular weight excluding hydrogens is 450 g/mol. The number of aliphatic hydroxyl groups excluding tert-OH is 1. The van der Waals surface area contributed by atoms with E-state index in [2.05, 4.69) is 16.0 Å². The Labute approximate surface area is 201 Å². The Morgan fingerprint density at radius 2 is 1.88 bits per heavy atom. The Morgan fingerprint density at radius 1 is 1.12 bits per heavy atom. The number of nitrogens with zero attached hydrogens (tertiary/aromatic N) is 3. The summed E-state index contributed by atoms with van der Waals surface area (Å²) < 4.78 is 33.1. The third-order valence-electron chi connectivity index (χ3n) is 6.35. The summed E-state index contributed by atoms with van der Waals surface area (Å²) in [5, 5.41) is 8.95. The number of hydrogen-bond donors (Lipinski definition) is 1. The summed E-state index contributed by atoms with van der Waals surface area (Å²) in [6, 6.07) is 15.1. The van der Waals surface area contributed by atoms with Crippen LogP contribution in [-0.4, -0.2) is 60.0 Å². The van der Waals surface area contributed by atoms with E-state index in [-0.39, 0.29) is 12.4 Å². The van der Waals surface area contributed by atoms with E-state index >= 15 is 0 Å². The van der Waals surface area contributed by atoms with Crippen LogP contribution in [-0.2, 0) is 22.9 Å². The highest BCUT2D eigenvalue weighted by Crippen LogP contribution is 2.28. The highest BCUT2D eigenvalue weighted by molar-refractivity contribution is 7.91. The number of imidazole rings is 1. The minimum Gasteiger partial charge on any atom is -0.491 e. The fourth-order valence-corrected chi connectivity index (χ4v) is 5.68. The van der Waals surface area contributed by atoms with E-state index in [4.69, 9.17) is 9.84 Å². The van der Waals surface area contributed by atoms with Crippen LogP contribution in [0.2, 0.25) is 0 Å². The minimum atomic E-state index is -3.33. The van der Waals surface area contributed by atoms with Crippen molar-refractivity contribution in [3.8, 4) is 5.75 Å². The Morgan fingerprint density at radius 3 is 2.62 bits per heavy atom. The molecule has 0 spiro atoms. The number of aliphatic hydroxyl groups is 1. The van der Waals surface area contributed by atoms with E-state index in [0.29, 0.717) is 24.0 Å². The van der Waals surface area contributed by atoms with Crippen LogP contribution in [0.3, 0.4) is 0 Å². The van der Waals surface area contributed by atoms with Gasteiger partial charge in [0.25, 0.3) is 0 Å². The van der Waals surface area contributed by atoms with E-state index in [1.165, 1.54) is 5.56 Å². The van der Waals surface area contributed by atoms with E-state index in [1.807, 2.05) is 48.0 Å². The number of rotatable bonds is 10. The van der Waals surface area contributed by atoms with Crippen molar-refractivity contribution >= 4 is 9.84 Å². The molecule has 7 nitrogen and oxygen atoms in total. The first kappa shape index (κ1) is 24.4. The van der Waals surface area contributed by atoms with Crippen LogP contribution in [0.1, 0.15) is 35.7 Å². The first-order valence-corrected chi connectivity index (χ1v) is 13.5. The maximum Gasteiger partial charge on any atom is 0.180 e. The highest BCUT2D eigenvalue weighted by Gasteiger charge is 2.25. The van der Waals surface area contributed by atoms with E-state index in [1.54, 1.807) is 18.3 Å². The van der Waals surface area contributed by atoms with Gasteiger partial charge in [0, 0.05) is 31.4 Å². The molecule has 0 atom stereocenters. The van der Waals surface area contributed by atoms with Gasteiger partial charge in [-0.05, 0) is 62.7 Å². The normalized spacial score (nSPS) is 15.5. The van der Waals surface area contributed by atoms with Gasteiger partial charge in [-0.3, -0.25) is 4.90 Å². The zero-order valence-corrected chi connectivity index (χ0v) is 20.5. The van der Waals surface area contributed by atoms with Crippen LogP contribution in [0.5, 0.6) is 5.75 Å². The van der Waals surface area contributed by atoms with Gasteiger partial charge in [0.2, 0.25) is 0 Å². The molecule has 182 valence electrons. The van der Waals surface area contributed by atoms with Gasteiger partial charge in [-0.1, -0.05) is 29.8 Å². The number of likely N-dealkylation sites (tertiary alicyclic amines) is 1. The first-order chi connectivity index (χ1) is 16.4. The van der Waals surface area contributed by atoms with Crippen molar-refractivity contribution in [2.75, 3.05) is 32.1 Å². The average Bonchev–Trinajstić information content (AvgIpc) is 3.31. The summed E-state index contributed by atoms with van der Waals surface area (Å²) >= 11 is 0. The lowest BCUT2D eigenvalue weighted by atomic mass is 9.95. The van der Waals surface area contributed by atoms with Gasteiger partial charge in [-0.2, -0.15) is 0 Å². The topological polar surface area (TPSA) is 84.7 Å². The predicted octanol–water partition coefficient (Wildman–Crippen LogP) is 3.42. The molecule has 0 unspecified atom stereocenters. The molecule has 0 amide bonds. The standard InChI is InChI=1S/C26H33N3O4S/c1-21-5-7-25(8-6-21)34(31,32)18-15-29-14-11-27-26(29)23-9-12-28(13-10-23)20-22-3-2-4-24(19-22)33-17-16-30/h2-8,11,14,19,23,30H,9-10,12-13,15-18,20H2,1H3. The van der Waals surface area contributed by atoms with Crippen molar-refractivity contribution in [1.82, 2.24) is 14.5 Å². The molecule has 0 saturated carbocycles. The zero-order valence-electron chi connectivity index (χ0n) is 19.6. The second kappa shape index (κ2) is 11.2. The summed E-state index contributed by atoms with van der Waals surface area (Å²) in [7, 11) is -3.33. The van der Waals surface area contributed by atoms with Gasteiger partial charge >= 0.3 is 0 Å². The molecule has 0 radical (unpaired) electrons. The third-order valence-corrected chi connectivity index (χ3v) is 8.06. The van der Waals surface area contributed by atoms with Gasteiger partial charge in [0.1, 0.15) is 18.2 Å². The fraction of sp³-hybridized carbons (Fsp3) is 0.423. The maximum atomic E-state index is 12.8. The molecule has 1 aliphatic heterocycles.